The average Bonchev–Trinajstić information content (AvgIpc) is 1.63. The van der Waals surface area contributed by atoms with Crippen molar-refractivity contribution in [2.45, 2.75) is 6.92 Å². The number of nitrogens with one attached hydrogen (secondary N) is 1. The summed E-state index contributed by atoms with van der Waals surface area (Å²) in [4.78, 5) is 0. The van der Waals surface area contributed by atoms with Crippen molar-refractivity contribution in [1.29, 1.82) is 5.41 Å². The van der Waals surface area contributed by atoms with Gasteiger partial charge in [0.05, 0.1) is 0 Å². The van der Waals surface area contributed by atoms with Crippen LogP contribution in [0.25, 0.3) is 0 Å². The van der Waals surface area contributed by atoms with Crippen molar-refractivity contribution < 1.29 is 0 Å². The van der Waals surface area contributed by atoms with Crippen LogP contribution < -0.4 is 11.5 Å². The maximum atomic E-state index is 6.88. The van der Waals surface area contributed by atoms with Crippen molar-refractivity contribution in [3.63, 3.8) is 0 Å². The lowest BCUT2D eigenvalue weighted by Gasteiger charge is -1.99. The Labute approximate surface area is 58.8 Å². The van der Waals surface area contributed by atoms with E-state index in [4.69, 9.17) is 16.9 Å². The number of allylic oxidation sites excluding steroid dienone is 1. The minimum Gasteiger partial charge on any atom is -0.398 e. The van der Waals surface area contributed by atoms with Crippen LogP contribution in [-0.2, 0) is 0 Å². The summed E-state index contributed by atoms with van der Waals surface area (Å²) in [5.74, 6) is 0. The number of hydrogen-bond donors (Lipinski definition) is 3. The second kappa shape index (κ2) is 3.81. The van der Waals surface area contributed by atoms with Crippen molar-refractivity contribution in [2.75, 3.05) is 0 Å². The van der Waals surface area contributed by atoms with Gasteiger partial charge in [-0.15, -0.1) is 9.24 Å². The molecule has 0 rings (SSSR count). The maximum absolute atomic E-state index is 6.88. The van der Waals surface area contributed by atoms with Crippen LogP contribution in [0, 0.1) is 5.41 Å². The molecule has 0 aromatic heterocycles. The van der Waals surface area contributed by atoms with E-state index in [2.05, 4.69) is 9.24 Å². The van der Waals surface area contributed by atoms with Crippen LogP contribution in [0.5, 0.6) is 0 Å². The van der Waals surface area contributed by atoms with Gasteiger partial charge < -0.3 is 11.5 Å². The van der Waals surface area contributed by atoms with Gasteiger partial charge in [0.1, 0.15) is 5.58 Å². The monoisotopic (exact) mass is 163 g/mol. The molecule has 0 amide bonds. The number of rotatable bonds is 2. The summed E-state index contributed by atoms with van der Waals surface area (Å²) < 4.78 is 0. The molecule has 0 saturated carbocycles. The molecule has 0 saturated heterocycles. The Hall–Kier alpha value is -0.130. The summed E-state index contributed by atoms with van der Waals surface area (Å²) in [6.07, 6.45) is 0. The van der Waals surface area contributed by atoms with E-state index < -0.39 is 0 Å². The largest absolute Gasteiger partial charge is 0.398 e. The molecule has 0 aliphatic rings. The molecule has 2 unspecified atom stereocenters. The first-order valence-electron chi connectivity index (χ1n) is 2.37. The van der Waals surface area contributed by atoms with E-state index in [0.29, 0.717) is 5.44 Å². The first-order chi connectivity index (χ1) is 4.04. The fourth-order valence-corrected chi connectivity index (χ4v) is 0.948. The van der Waals surface area contributed by atoms with Crippen LogP contribution in [-0.4, -0.2) is 5.58 Å². The SMILES string of the molecule is C/C(P)=C(\N)PC(=N)N. The van der Waals surface area contributed by atoms with Gasteiger partial charge in [0.15, 0.2) is 0 Å². The van der Waals surface area contributed by atoms with Crippen molar-refractivity contribution in [1.82, 2.24) is 0 Å². The van der Waals surface area contributed by atoms with Crippen molar-refractivity contribution in [3.05, 3.63) is 10.8 Å². The standard InChI is InChI=1S/C4H11N3P2/c1-2(8)3(5)9-4(6)7/h9H,5,8H2,1H3,(H3,6,7)/b3-2-. The molecule has 5 heteroatoms. The van der Waals surface area contributed by atoms with Crippen LogP contribution in [0.4, 0.5) is 0 Å². The lowest BCUT2D eigenvalue weighted by Crippen LogP contribution is -2.05. The van der Waals surface area contributed by atoms with E-state index in [1.807, 2.05) is 6.92 Å². The zero-order chi connectivity index (χ0) is 7.44. The van der Waals surface area contributed by atoms with E-state index in [-0.39, 0.29) is 14.2 Å². The number of nitrogens with two attached hydrogens (primary N) is 2. The Morgan fingerprint density at radius 1 is 1.56 bits per heavy atom. The summed E-state index contributed by atoms with van der Waals surface area (Å²) in [5.41, 5.74) is 11.4. The summed E-state index contributed by atoms with van der Waals surface area (Å²) >= 11 is 0. The second-order valence-electron chi connectivity index (χ2n) is 1.64. The molecule has 0 radical (unpaired) electrons. The molecule has 9 heavy (non-hydrogen) atoms. The van der Waals surface area contributed by atoms with Gasteiger partial charge in [-0.2, -0.15) is 0 Å². The molecule has 3 nitrogen and oxygen atoms in total. The van der Waals surface area contributed by atoms with E-state index in [1.54, 1.807) is 0 Å². The molecular weight excluding hydrogens is 152 g/mol. The van der Waals surface area contributed by atoms with Gasteiger partial charge in [0, 0.05) is 5.44 Å². The fourth-order valence-electron chi connectivity index (χ4n) is 0.244. The average molecular weight is 163 g/mol. The van der Waals surface area contributed by atoms with E-state index in [0.717, 1.165) is 5.31 Å². The first-order valence-corrected chi connectivity index (χ1v) is 3.94. The minimum absolute atomic E-state index is 0.134. The Kier molecular flexibility index (Phi) is 3.76. The second-order valence-corrected chi connectivity index (χ2v) is 3.83. The van der Waals surface area contributed by atoms with Crippen molar-refractivity contribution in [2.24, 2.45) is 11.5 Å². The first kappa shape index (κ1) is 8.87. The zero-order valence-electron chi connectivity index (χ0n) is 5.23. The van der Waals surface area contributed by atoms with Gasteiger partial charge in [-0.05, 0) is 20.8 Å². The van der Waals surface area contributed by atoms with Crippen LogP contribution in [0.15, 0.2) is 10.8 Å². The van der Waals surface area contributed by atoms with Gasteiger partial charge in [-0.3, -0.25) is 5.41 Å². The molecule has 52 valence electrons. The molecule has 0 fully saturated rings. The number of hydrogen-bond acceptors (Lipinski definition) is 2. The number of amidine groups is 1. The fraction of sp³-hybridized carbons (Fsp3) is 0.250. The van der Waals surface area contributed by atoms with Crippen LogP contribution in [0.2, 0.25) is 0 Å². The Bertz CT molecular complexity index is 148. The highest BCUT2D eigenvalue weighted by Gasteiger charge is 1.93. The van der Waals surface area contributed by atoms with Crippen LogP contribution in [0.1, 0.15) is 6.92 Å². The lowest BCUT2D eigenvalue weighted by molar-refractivity contribution is 1.46. The molecule has 0 aliphatic heterocycles. The molecule has 0 spiro atoms. The molecule has 0 aromatic rings. The summed E-state index contributed by atoms with van der Waals surface area (Å²) in [7, 11) is 2.61. The molecule has 2 atom stereocenters. The highest BCUT2D eigenvalue weighted by molar-refractivity contribution is 7.62. The third-order valence-electron chi connectivity index (χ3n) is 0.694. The highest BCUT2D eigenvalue weighted by Crippen LogP contribution is 2.23. The Balaban J connectivity index is 3.92. The third kappa shape index (κ3) is 4.38. The highest BCUT2D eigenvalue weighted by atomic mass is 31.1. The molecular formula is C4H11N3P2. The molecule has 0 aromatic carbocycles. The van der Waals surface area contributed by atoms with E-state index in [9.17, 15) is 0 Å². The zero-order valence-corrected chi connectivity index (χ0v) is 7.39. The van der Waals surface area contributed by atoms with Crippen LogP contribution in [0.3, 0.4) is 0 Å². The topological polar surface area (TPSA) is 75.9 Å². The van der Waals surface area contributed by atoms with Gasteiger partial charge >= 0.3 is 0 Å². The van der Waals surface area contributed by atoms with Gasteiger partial charge in [-0.25, -0.2) is 0 Å². The third-order valence-corrected chi connectivity index (χ3v) is 2.23. The predicted octanol–water partition coefficient (Wildman–Crippen LogP) is 0.581. The van der Waals surface area contributed by atoms with Crippen molar-refractivity contribution in [3.8, 4) is 0 Å². The van der Waals surface area contributed by atoms with Gasteiger partial charge in [-0.1, -0.05) is 0 Å². The van der Waals surface area contributed by atoms with E-state index in [1.165, 1.54) is 0 Å². The quantitative estimate of drug-likeness (QED) is 0.316. The smallest absolute Gasteiger partial charge is 0.117 e. The maximum Gasteiger partial charge on any atom is 0.117 e. The summed E-state index contributed by atoms with van der Waals surface area (Å²) in [6, 6.07) is 0. The molecule has 0 bridgehead atoms. The molecule has 0 heterocycles. The normalized spacial score (nSPS) is 14.0. The lowest BCUT2D eigenvalue weighted by atomic mass is 10.7. The molecule has 5 N–H and O–H groups in total. The van der Waals surface area contributed by atoms with E-state index >= 15 is 0 Å². The Morgan fingerprint density at radius 3 is 2.11 bits per heavy atom. The summed E-state index contributed by atoms with van der Waals surface area (Å²) in [5, 5.41) is 7.85. The Morgan fingerprint density at radius 2 is 2.00 bits per heavy atom. The van der Waals surface area contributed by atoms with Crippen LogP contribution >= 0.6 is 17.8 Å². The molecule has 0 aliphatic carbocycles. The van der Waals surface area contributed by atoms with Gasteiger partial charge in [0.2, 0.25) is 0 Å². The minimum atomic E-state index is 0.134. The summed E-state index contributed by atoms with van der Waals surface area (Å²) in [6.45, 7) is 1.87. The predicted molar refractivity (Wildman–Crippen MR) is 46.8 cm³/mol. The van der Waals surface area contributed by atoms with Gasteiger partial charge in [0.25, 0.3) is 0 Å². The van der Waals surface area contributed by atoms with Crippen molar-refractivity contribution >= 4 is 23.4 Å².